The van der Waals surface area contributed by atoms with E-state index in [0.29, 0.717) is 11.3 Å². The lowest BCUT2D eigenvalue weighted by Gasteiger charge is -2.12. The van der Waals surface area contributed by atoms with Crippen LogP contribution < -0.4 is 15.4 Å². The maximum absolute atomic E-state index is 12.5. The lowest BCUT2D eigenvalue weighted by atomic mass is 10.1. The van der Waals surface area contributed by atoms with Crippen LogP contribution in [0.3, 0.4) is 0 Å². The number of aryl methyl sites for hydroxylation is 2. The number of amides is 1. The van der Waals surface area contributed by atoms with E-state index < -0.39 is 10.0 Å². The summed E-state index contributed by atoms with van der Waals surface area (Å²) in [5, 5.41) is 6.12. The van der Waals surface area contributed by atoms with Gasteiger partial charge in [0.1, 0.15) is 0 Å². The Labute approximate surface area is 154 Å². The van der Waals surface area contributed by atoms with Crippen LogP contribution in [0.4, 0.5) is 5.69 Å². The quantitative estimate of drug-likeness (QED) is 0.750. The molecule has 26 heavy (non-hydrogen) atoms. The zero-order valence-electron chi connectivity index (χ0n) is 14.9. The standard InChI is InChI=1S/C19H23N3O3S/c1-13-3-6-16(11-14(13)2)22-26(24,25)18-7-4-15(5-8-18)19(23)21-17-9-10-20-12-17/h3-8,11,17,20,22H,9-10,12H2,1-2H3,(H,21,23). The molecule has 0 bridgehead atoms. The minimum atomic E-state index is -3.70. The number of carbonyl (C=O) groups excluding carboxylic acids is 1. The lowest BCUT2D eigenvalue weighted by molar-refractivity contribution is 0.0940. The summed E-state index contributed by atoms with van der Waals surface area (Å²) >= 11 is 0. The molecule has 2 aromatic carbocycles. The molecule has 1 unspecified atom stereocenters. The van der Waals surface area contributed by atoms with Gasteiger partial charge in [0.2, 0.25) is 0 Å². The van der Waals surface area contributed by atoms with Gasteiger partial charge in [-0.3, -0.25) is 9.52 Å². The largest absolute Gasteiger partial charge is 0.348 e. The highest BCUT2D eigenvalue weighted by Crippen LogP contribution is 2.19. The van der Waals surface area contributed by atoms with Crippen molar-refractivity contribution in [2.45, 2.75) is 31.2 Å². The van der Waals surface area contributed by atoms with Crippen LogP contribution in [0.15, 0.2) is 47.4 Å². The number of sulfonamides is 1. The van der Waals surface area contributed by atoms with E-state index >= 15 is 0 Å². The summed E-state index contributed by atoms with van der Waals surface area (Å²) in [7, 11) is -3.70. The van der Waals surface area contributed by atoms with Gasteiger partial charge < -0.3 is 10.6 Å². The molecule has 138 valence electrons. The van der Waals surface area contributed by atoms with Crippen molar-refractivity contribution in [1.29, 1.82) is 0 Å². The maximum Gasteiger partial charge on any atom is 0.261 e. The third-order valence-corrected chi connectivity index (χ3v) is 5.98. The summed E-state index contributed by atoms with van der Waals surface area (Å²) in [5.74, 6) is -0.190. The molecule has 0 spiro atoms. The Bertz CT molecular complexity index is 902. The lowest BCUT2D eigenvalue weighted by Crippen LogP contribution is -2.36. The third kappa shape index (κ3) is 4.23. The van der Waals surface area contributed by atoms with Crippen LogP contribution in [-0.2, 0) is 10.0 Å². The van der Waals surface area contributed by atoms with Gasteiger partial charge in [0, 0.05) is 23.8 Å². The van der Waals surface area contributed by atoms with Crippen molar-refractivity contribution >= 4 is 21.6 Å². The van der Waals surface area contributed by atoms with Crippen LogP contribution >= 0.6 is 0 Å². The Hall–Kier alpha value is -2.38. The monoisotopic (exact) mass is 373 g/mol. The molecule has 1 atom stereocenters. The third-order valence-electron chi connectivity index (χ3n) is 4.58. The van der Waals surface area contributed by atoms with E-state index in [0.717, 1.165) is 30.6 Å². The molecule has 1 saturated heterocycles. The average molecular weight is 373 g/mol. The number of hydrogen-bond acceptors (Lipinski definition) is 4. The molecule has 1 aliphatic rings. The Morgan fingerprint density at radius 3 is 2.42 bits per heavy atom. The normalized spacial score (nSPS) is 17.1. The summed E-state index contributed by atoms with van der Waals surface area (Å²) in [4.78, 5) is 12.3. The van der Waals surface area contributed by atoms with Gasteiger partial charge in [-0.1, -0.05) is 6.07 Å². The first-order valence-electron chi connectivity index (χ1n) is 8.57. The number of anilines is 1. The first-order valence-corrected chi connectivity index (χ1v) is 10.1. The van der Waals surface area contributed by atoms with Gasteiger partial charge in [-0.15, -0.1) is 0 Å². The molecule has 0 aromatic heterocycles. The summed E-state index contributed by atoms with van der Waals surface area (Å²) in [6.07, 6.45) is 0.901. The van der Waals surface area contributed by atoms with Crippen molar-refractivity contribution in [3.05, 3.63) is 59.2 Å². The molecule has 3 N–H and O–H groups in total. The van der Waals surface area contributed by atoms with E-state index in [1.165, 1.54) is 24.3 Å². The zero-order chi connectivity index (χ0) is 18.7. The van der Waals surface area contributed by atoms with E-state index in [1.807, 2.05) is 19.9 Å². The number of rotatable bonds is 5. The van der Waals surface area contributed by atoms with Gasteiger partial charge in [0.05, 0.1) is 4.90 Å². The van der Waals surface area contributed by atoms with E-state index in [4.69, 9.17) is 0 Å². The molecule has 2 aromatic rings. The molecule has 0 saturated carbocycles. The van der Waals surface area contributed by atoms with Crippen molar-refractivity contribution in [3.63, 3.8) is 0 Å². The first kappa shape index (κ1) is 18.4. The van der Waals surface area contributed by atoms with Crippen molar-refractivity contribution in [2.24, 2.45) is 0 Å². The molecule has 1 fully saturated rings. The van der Waals surface area contributed by atoms with Crippen molar-refractivity contribution < 1.29 is 13.2 Å². The summed E-state index contributed by atoms with van der Waals surface area (Å²) in [6.45, 7) is 5.56. The van der Waals surface area contributed by atoms with Gasteiger partial charge in [-0.05, 0) is 74.3 Å². The highest BCUT2D eigenvalue weighted by atomic mass is 32.2. The van der Waals surface area contributed by atoms with Crippen molar-refractivity contribution in [3.8, 4) is 0 Å². The Kier molecular flexibility index (Phi) is 5.29. The van der Waals surface area contributed by atoms with Gasteiger partial charge >= 0.3 is 0 Å². The van der Waals surface area contributed by atoms with Crippen LogP contribution in [0, 0.1) is 13.8 Å². The number of hydrogen-bond donors (Lipinski definition) is 3. The fourth-order valence-electron chi connectivity index (χ4n) is 2.85. The van der Waals surface area contributed by atoms with Crippen LogP contribution in [0.2, 0.25) is 0 Å². The molecule has 1 heterocycles. The predicted molar refractivity (Wildman–Crippen MR) is 102 cm³/mol. The molecular weight excluding hydrogens is 350 g/mol. The minimum Gasteiger partial charge on any atom is -0.348 e. The molecule has 0 aliphatic carbocycles. The smallest absolute Gasteiger partial charge is 0.261 e. The van der Waals surface area contributed by atoms with Gasteiger partial charge in [0.15, 0.2) is 0 Å². The van der Waals surface area contributed by atoms with Gasteiger partial charge in [-0.2, -0.15) is 0 Å². The molecular formula is C19H23N3O3S. The Morgan fingerprint density at radius 2 is 1.81 bits per heavy atom. The number of nitrogens with one attached hydrogen (secondary N) is 3. The van der Waals surface area contributed by atoms with Crippen LogP contribution in [0.1, 0.15) is 27.9 Å². The average Bonchev–Trinajstić information content (AvgIpc) is 3.11. The Balaban J connectivity index is 1.71. The second-order valence-corrected chi connectivity index (χ2v) is 8.27. The van der Waals surface area contributed by atoms with E-state index in [9.17, 15) is 13.2 Å². The zero-order valence-corrected chi connectivity index (χ0v) is 15.7. The molecule has 0 radical (unpaired) electrons. The van der Waals surface area contributed by atoms with Gasteiger partial charge in [0.25, 0.3) is 15.9 Å². The fraction of sp³-hybridized carbons (Fsp3) is 0.316. The second-order valence-electron chi connectivity index (χ2n) is 6.59. The van der Waals surface area contributed by atoms with E-state index in [2.05, 4.69) is 15.4 Å². The highest BCUT2D eigenvalue weighted by Gasteiger charge is 2.19. The van der Waals surface area contributed by atoms with E-state index in [-0.39, 0.29) is 16.8 Å². The van der Waals surface area contributed by atoms with Crippen LogP contribution in [0.25, 0.3) is 0 Å². The fourth-order valence-corrected chi connectivity index (χ4v) is 3.90. The number of benzene rings is 2. The molecule has 3 rings (SSSR count). The summed E-state index contributed by atoms with van der Waals surface area (Å²) in [5.41, 5.74) is 3.07. The predicted octanol–water partition coefficient (Wildman–Crippen LogP) is 2.20. The Morgan fingerprint density at radius 1 is 1.08 bits per heavy atom. The molecule has 1 aliphatic heterocycles. The molecule has 7 heteroatoms. The second kappa shape index (κ2) is 7.47. The first-order chi connectivity index (χ1) is 12.3. The SMILES string of the molecule is Cc1ccc(NS(=O)(=O)c2ccc(C(=O)NC3CCNC3)cc2)cc1C. The minimum absolute atomic E-state index is 0.120. The summed E-state index contributed by atoms with van der Waals surface area (Å²) < 4.78 is 27.6. The molecule has 1 amide bonds. The topological polar surface area (TPSA) is 87.3 Å². The highest BCUT2D eigenvalue weighted by molar-refractivity contribution is 7.92. The van der Waals surface area contributed by atoms with Crippen LogP contribution in [0.5, 0.6) is 0 Å². The maximum atomic E-state index is 12.5. The van der Waals surface area contributed by atoms with Crippen molar-refractivity contribution in [1.82, 2.24) is 10.6 Å². The van der Waals surface area contributed by atoms with Gasteiger partial charge in [-0.25, -0.2) is 8.42 Å². The summed E-state index contributed by atoms with van der Waals surface area (Å²) in [6, 6.07) is 11.5. The number of carbonyl (C=O) groups is 1. The van der Waals surface area contributed by atoms with E-state index in [1.54, 1.807) is 12.1 Å². The van der Waals surface area contributed by atoms with Crippen molar-refractivity contribution in [2.75, 3.05) is 17.8 Å². The van der Waals surface area contributed by atoms with Crippen LogP contribution in [-0.4, -0.2) is 33.5 Å². The molecule has 6 nitrogen and oxygen atoms in total.